The number of fused-ring (bicyclic) bond motifs is 1. The lowest BCUT2D eigenvalue weighted by Gasteiger charge is -2.33. The van der Waals surface area contributed by atoms with Gasteiger partial charge in [-0.25, -0.2) is 0 Å². The molecule has 1 heterocycles. The molecule has 20 heavy (non-hydrogen) atoms. The van der Waals surface area contributed by atoms with Gasteiger partial charge in [-0.15, -0.1) is 0 Å². The Labute approximate surface area is 119 Å². The third kappa shape index (κ3) is 2.64. The molecule has 0 aromatic heterocycles. The van der Waals surface area contributed by atoms with Crippen LogP contribution in [-0.4, -0.2) is 25.6 Å². The highest BCUT2D eigenvalue weighted by Gasteiger charge is 2.35. The molecule has 1 aliphatic rings. The predicted octanol–water partition coefficient (Wildman–Crippen LogP) is 3.39. The molecule has 4 nitrogen and oxygen atoms in total. The fourth-order valence-corrected chi connectivity index (χ4v) is 2.56. The number of carbonyl (C=O) groups excluding carboxylic acids is 1. The first kappa shape index (κ1) is 14.4. The van der Waals surface area contributed by atoms with Crippen molar-refractivity contribution in [3.63, 3.8) is 0 Å². The Morgan fingerprint density at radius 1 is 1.25 bits per heavy atom. The lowest BCUT2D eigenvalue weighted by Crippen LogP contribution is -2.37. The summed E-state index contributed by atoms with van der Waals surface area (Å²) in [5, 5.41) is 0. The molecule has 0 saturated heterocycles. The van der Waals surface area contributed by atoms with Crippen LogP contribution in [0.25, 0.3) is 0 Å². The van der Waals surface area contributed by atoms with Crippen LogP contribution in [-0.2, 0) is 0 Å². The van der Waals surface area contributed by atoms with Gasteiger partial charge in [0.25, 0.3) is 0 Å². The van der Waals surface area contributed by atoms with Gasteiger partial charge in [-0.1, -0.05) is 5.57 Å². The number of allylic oxidation sites excluding steroid dienone is 1. The van der Waals surface area contributed by atoms with Crippen molar-refractivity contribution in [3.05, 3.63) is 29.3 Å². The van der Waals surface area contributed by atoms with Gasteiger partial charge in [-0.3, -0.25) is 4.79 Å². The van der Waals surface area contributed by atoms with Crippen molar-refractivity contribution in [2.45, 2.75) is 32.8 Å². The summed E-state index contributed by atoms with van der Waals surface area (Å²) in [6, 6.07) is 3.39. The number of ether oxygens (including phenoxy) is 3. The Kier molecular flexibility index (Phi) is 3.75. The number of Topliss-reactive ketones (excluding diaryl/α,β-unsaturated/α-hetero) is 1. The van der Waals surface area contributed by atoms with E-state index >= 15 is 0 Å². The van der Waals surface area contributed by atoms with E-state index in [1.54, 1.807) is 26.4 Å². The summed E-state index contributed by atoms with van der Waals surface area (Å²) in [6.45, 7) is 5.89. The van der Waals surface area contributed by atoms with E-state index in [-0.39, 0.29) is 5.78 Å². The van der Waals surface area contributed by atoms with E-state index < -0.39 is 5.60 Å². The average molecular weight is 276 g/mol. The fraction of sp³-hybridized carbons (Fsp3) is 0.438. The summed E-state index contributed by atoms with van der Waals surface area (Å²) in [4.78, 5) is 12.3. The van der Waals surface area contributed by atoms with Crippen LogP contribution in [0.3, 0.4) is 0 Å². The van der Waals surface area contributed by atoms with Crippen molar-refractivity contribution in [1.82, 2.24) is 0 Å². The molecule has 0 spiro atoms. The quantitative estimate of drug-likeness (QED) is 0.794. The first-order chi connectivity index (χ1) is 9.38. The second-order valence-corrected chi connectivity index (χ2v) is 5.44. The van der Waals surface area contributed by atoms with Crippen LogP contribution < -0.4 is 14.2 Å². The van der Waals surface area contributed by atoms with Gasteiger partial charge in [-0.05, 0) is 32.9 Å². The third-order valence-electron chi connectivity index (χ3n) is 3.23. The van der Waals surface area contributed by atoms with Crippen LogP contribution in [0.15, 0.2) is 23.8 Å². The van der Waals surface area contributed by atoms with Crippen LogP contribution in [0.4, 0.5) is 0 Å². The number of benzene rings is 1. The van der Waals surface area contributed by atoms with Crippen LogP contribution >= 0.6 is 0 Å². The van der Waals surface area contributed by atoms with Gasteiger partial charge < -0.3 is 14.2 Å². The minimum atomic E-state index is -0.609. The molecule has 0 N–H and O–H groups in total. The number of hydrogen-bond donors (Lipinski definition) is 0. The molecule has 1 aromatic rings. The van der Waals surface area contributed by atoms with E-state index in [1.165, 1.54) is 0 Å². The predicted molar refractivity (Wildman–Crippen MR) is 77.0 cm³/mol. The second-order valence-electron chi connectivity index (χ2n) is 5.44. The molecule has 1 aromatic carbocycles. The maximum atomic E-state index is 12.3. The van der Waals surface area contributed by atoms with Crippen LogP contribution in [0.5, 0.6) is 17.2 Å². The van der Waals surface area contributed by atoms with E-state index in [0.717, 1.165) is 5.57 Å². The van der Waals surface area contributed by atoms with Gasteiger partial charge in [0.15, 0.2) is 17.3 Å². The summed E-state index contributed by atoms with van der Waals surface area (Å²) in [5.41, 5.74) is 1.05. The highest BCUT2D eigenvalue weighted by molar-refractivity contribution is 6.01. The Morgan fingerprint density at radius 2 is 1.85 bits per heavy atom. The molecular formula is C16H20O4. The summed E-state index contributed by atoms with van der Waals surface area (Å²) in [7, 11) is 3.11. The number of carbonyl (C=O) groups is 1. The third-order valence-corrected chi connectivity index (χ3v) is 3.23. The Morgan fingerprint density at radius 3 is 2.40 bits per heavy atom. The Balaban J connectivity index is 2.50. The summed E-state index contributed by atoms with van der Waals surface area (Å²) < 4.78 is 16.5. The number of hydrogen-bond acceptors (Lipinski definition) is 4. The van der Waals surface area contributed by atoms with E-state index in [9.17, 15) is 4.79 Å². The topological polar surface area (TPSA) is 44.8 Å². The van der Waals surface area contributed by atoms with Gasteiger partial charge in [0.1, 0.15) is 11.4 Å². The molecule has 108 valence electrons. The SMILES string of the molecule is COc1cc2c(cc1OC)C(=O)CC(C)(C=C(C)C)O2. The molecule has 2 rings (SSSR count). The first-order valence-corrected chi connectivity index (χ1v) is 6.53. The molecule has 1 atom stereocenters. The van der Waals surface area contributed by atoms with Gasteiger partial charge >= 0.3 is 0 Å². The van der Waals surface area contributed by atoms with Crippen molar-refractivity contribution in [2.75, 3.05) is 14.2 Å². The molecule has 0 bridgehead atoms. The van der Waals surface area contributed by atoms with Crippen LogP contribution in [0.2, 0.25) is 0 Å². The van der Waals surface area contributed by atoms with Gasteiger partial charge in [-0.2, -0.15) is 0 Å². The zero-order valence-electron chi connectivity index (χ0n) is 12.6. The van der Waals surface area contributed by atoms with Crippen LogP contribution in [0.1, 0.15) is 37.6 Å². The molecular weight excluding hydrogens is 256 g/mol. The molecule has 0 saturated carbocycles. The highest BCUT2D eigenvalue weighted by atomic mass is 16.5. The second kappa shape index (κ2) is 5.19. The lowest BCUT2D eigenvalue weighted by atomic mass is 9.90. The molecule has 0 amide bonds. The molecule has 4 heteroatoms. The molecule has 1 unspecified atom stereocenters. The van der Waals surface area contributed by atoms with Crippen LogP contribution in [0, 0.1) is 0 Å². The fourth-order valence-electron chi connectivity index (χ4n) is 2.56. The van der Waals surface area contributed by atoms with E-state index in [0.29, 0.717) is 29.2 Å². The minimum absolute atomic E-state index is 0.0483. The number of methoxy groups -OCH3 is 2. The minimum Gasteiger partial charge on any atom is -0.493 e. The van der Waals surface area contributed by atoms with E-state index in [2.05, 4.69) is 0 Å². The lowest BCUT2D eigenvalue weighted by molar-refractivity contribution is 0.0724. The smallest absolute Gasteiger partial charge is 0.171 e. The number of rotatable bonds is 3. The largest absolute Gasteiger partial charge is 0.493 e. The van der Waals surface area contributed by atoms with Gasteiger partial charge in [0, 0.05) is 6.07 Å². The zero-order chi connectivity index (χ0) is 14.9. The van der Waals surface area contributed by atoms with Crippen molar-refractivity contribution in [3.8, 4) is 17.2 Å². The molecule has 1 aliphatic heterocycles. The molecule has 0 aliphatic carbocycles. The van der Waals surface area contributed by atoms with E-state index in [1.807, 2.05) is 26.8 Å². The van der Waals surface area contributed by atoms with Crippen molar-refractivity contribution >= 4 is 5.78 Å². The Hall–Kier alpha value is -1.97. The monoisotopic (exact) mass is 276 g/mol. The van der Waals surface area contributed by atoms with E-state index in [4.69, 9.17) is 14.2 Å². The molecule has 0 fully saturated rings. The summed E-state index contributed by atoms with van der Waals surface area (Å²) in [5.74, 6) is 1.68. The maximum absolute atomic E-state index is 12.3. The molecule has 0 radical (unpaired) electrons. The zero-order valence-corrected chi connectivity index (χ0v) is 12.6. The summed E-state index contributed by atoms with van der Waals surface area (Å²) in [6.07, 6.45) is 2.30. The van der Waals surface area contributed by atoms with Crippen molar-refractivity contribution < 1.29 is 19.0 Å². The van der Waals surface area contributed by atoms with Crippen molar-refractivity contribution in [1.29, 1.82) is 0 Å². The Bertz CT molecular complexity index is 570. The van der Waals surface area contributed by atoms with Gasteiger partial charge in [0.05, 0.1) is 26.2 Å². The number of ketones is 1. The average Bonchev–Trinajstić information content (AvgIpc) is 2.35. The standard InChI is InChI=1S/C16H20O4/c1-10(2)8-16(3)9-12(17)11-6-14(18-4)15(19-5)7-13(11)20-16/h6-8H,9H2,1-5H3. The van der Waals surface area contributed by atoms with Crippen molar-refractivity contribution in [2.24, 2.45) is 0 Å². The normalized spacial score (nSPS) is 20.8. The highest BCUT2D eigenvalue weighted by Crippen LogP contribution is 2.41. The van der Waals surface area contributed by atoms with Gasteiger partial charge in [0.2, 0.25) is 0 Å². The first-order valence-electron chi connectivity index (χ1n) is 6.53. The maximum Gasteiger partial charge on any atom is 0.171 e. The summed E-state index contributed by atoms with van der Waals surface area (Å²) >= 11 is 0.